The zero-order valence-corrected chi connectivity index (χ0v) is 13.4. The minimum Gasteiger partial charge on any atom is -0.365 e. The van der Waals surface area contributed by atoms with Gasteiger partial charge in [-0.25, -0.2) is 4.98 Å². The zero-order chi connectivity index (χ0) is 14.5. The second kappa shape index (κ2) is 7.04. The van der Waals surface area contributed by atoms with Gasteiger partial charge in [0, 0.05) is 39.1 Å². The Labute approximate surface area is 125 Å². The Bertz CT molecular complexity index is 448. The molecule has 1 aliphatic rings. The van der Waals surface area contributed by atoms with Gasteiger partial charge in [-0.15, -0.1) is 11.3 Å². The lowest BCUT2D eigenvalue weighted by atomic mass is 10.0. The molecular weight excluding hydrogens is 272 g/mol. The molecule has 1 aromatic heterocycles. The maximum Gasteiger partial charge on any atom is 0.239 e. The van der Waals surface area contributed by atoms with Gasteiger partial charge in [-0.1, -0.05) is 19.8 Å². The van der Waals surface area contributed by atoms with Crippen molar-refractivity contribution in [2.45, 2.75) is 38.8 Å². The third-order valence-corrected chi connectivity index (χ3v) is 4.70. The number of unbranched alkanes of at least 4 members (excludes halogenated alkanes) is 1. The van der Waals surface area contributed by atoms with E-state index in [0.29, 0.717) is 0 Å². The first kappa shape index (κ1) is 15.3. The lowest BCUT2D eigenvalue weighted by molar-refractivity contribution is -0.140. The number of aromatic nitrogens is 1. The van der Waals surface area contributed by atoms with Gasteiger partial charge in [-0.3, -0.25) is 9.69 Å². The number of carbonyl (C=O) groups excluding carboxylic acids is 1. The van der Waals surface area contributed by atoms with Crippen molar-refractivity contribution in [3.8, 4) is 0 Å². The van der Waals surface area contributed by atoms with Gasteiger partial charge >= 0.3 is 0 Å². The summed E-state index contributed by atoms with van der Waals surface area (Å²) in [6, 6.07) is 0.0217. The average Bonchev–Trinajstić information content (AvgIpc) is 2.90. The first-order valence-electron chi connectivity index (χ1n) is 7.27. The van der Waals surface area contributed by atoms with Crippen LogP contribution < -0.4 is 5.32 Å². The summed E-state index contributed by atoms with van der Waals surface area (Å²) in [6.07, 6.45) is 3.17. The van der Waals surface area contributed by atoms with Crippen LogP contribution in [0, 0.1) is 0 Å². The highest BCUT2D eigenvalue weighted by Crippen LogP contribution is 2.21. The summed E-state index contributed by atoms with van der Waals surface area (Å²) in [5.41, 5.74) is 1.05. The van der Waals surface area contributed by atoms with E-state index >= 15 is 0 Å². The molecule has 1 amide bonds. The van der Waals surface area contributed by atoms with Gasteiger partial charge in [-0.05, 0) is 6.42 Å². The zero-order valence-electron chi connectivity index (χ0n) is 12.6. The molecule has 112 valence electrons. The normalized spacial score (nSPS) is 20.4. The number of piperazine rings is 1. The standard InChI is InChI=1S/C14H24N4OS/c1-4-5-6-12-13(19)17(3)7-8-18(12)9-11-10-20-14(15-2)16-11/h10,12H,4-9H2,1-3H3,(H,15,16)/t12-/m0/s1. The Kier molecular flexibility index (Phi) is 5.37. The molecule has 5 nitrogen and oxygen atoms in total. The lowest BCUT2D eigenvalue weighted by Crippen LogP contribution is -2.55. The van der Waals surface area contributed by atoms with Crippen molar-refractivity contribution in [1.29, 1.82) is 0 Å². The van der Waals surface area contributed by atoms with E-state index in [9.17, 15) is 4.79 Å². The fourth-order valence-electron chi connectivity index (χ4n) is 2.55. The Morgan fingerprint density at radius 3 is 2.95 bits per heavy atom. The molecule has 1 N–H and O–H groups in total. The van der Waals surface area contributed by atoms with E-state index in [4.69, 9.17) is 0 Å². The van der Waals surface area contributed by atoms with Gasteiger partial charge in [0.1, 0.15) is 0 Å². The van der Waals surface area contributed by atoms with Gasteiger partial charge in [0.2, 0.25) is 5.91 Å². The Morgan fingerprint density at radius 2 is 2.30 bits per heavy atom. The maximum absolute atomic E-state index is 12.3. The van der Waals surface area contributed by atoms with Crippen LogP contribution in [0.25, 0.3) is 0 Å². The molecule has 2 heterocycles. The third kappa shape index (κ3) is 3.49. The Balaban J connectivity index is 2.04. The topological polar surface area (TPSA) is 48.5 Å². The van der Waals surface area contributed by atoms with E-state index in [0.717, 1.165) is 49.7 Å². The van der Waals surface area contributed by atoms with Crippen LogP contribution in [0.5, 0.6) is 0 Å². The van der Waals surface area contributed by atoms with Crippen molar-refractivity contribution in [3.05, 3.63) is 11.1 Å². The maximum atomic E-state index is 12.3. The van der Waals surface area contributed by atoms with E-state index in [-0.39, 0.29) is 11.9 Å². The smallest absolute Gasteiger partial charge is 0.239 e. The van der Waals surface area contributed by atoms with Crippen molar-refractivity contribution in [2.75, 3.05) is 32.5 Å². The summed E-state index contributed by atoms with van der Waals surface area (Å²) >= 11 is 1.61. The van der Waals surface area contributed by atoms with Gasteiger partial charge in [0.15, 0.2) is 5.13 Å². The quantitative estimate of drug-likeness (QED) is 0.872. The molecule has 0 unspecified atom stereocenters. The molecule has 1 aliphatic heterocycles. The highest BCUT2D eigenvalue weighted by Gasteiger charge is 2.32. The number of likely N-dealkylation sites (N-methyl/N-ethyl adjacent to an activating group) is 1. The molecule has 1 atom stereocenters. The first-order valence-corrected chi connectivity index (χ1v) is 8.14. The van der Waals surface area contributed by atoms with E-state index in [1.54, 1.807) is 11.3 Å². The van der Waals surface area contributed by atoms with Crippen molar-refractivity contribution >= 4 is 22.4 Å². The molecule has 0 radical (unpaired) electrons. The average molecular weight is 296 g/mol. The van der Waals surface area contributed by atoms with E-state index in [1.807, 2.05) is 19.0 Å². The number of nitrogens with zero attached hydrogens (tertiary/aromatic N) is 3. The Morgan fingerprint density at radius 1 is 1.50 bits per heavy atom. The number of thiazole rings is 1. The summed E-state index contributed by atoms with van der Waals surface area (Å²) in [7, 11) is 3.78. The van der Waals surface area contributed by atoms with Gasteiger partial charge in [0.05, 0.1) is 11.7 Å². The number of anilines is 1. The summed E-state index contributed by atoms with van der Waals surface area (Å²) in [5, 5.41) is 6.07. The molecule has 2 rings (SSSR count). The van der Waals surface area contributed by atoms with Gasteiger partial charge in [0.25, 0.3) is 0 Å². The van der Waals surface area contributed by atoms with Crippen LogP contribution in [0.1, 0.15) is 31.9 Å². The van der Waals surface area contributed by atoms with Gasteiger partial charge in [-0.2, -0.15) is 0 Å². The molecule has 0 aromatic carbocycles. The number of hydrogen-bond acceptors (Lipinski definition) is 5. The van der Waals surface area contributed by atoms with Crippen LogP contribution in [-0.2, 0) is 11.3 Å². The van der Waals surface area contributed by atoms with E-state index in [1.165, 1.54) is 0 Å². The largest absolute Gasteiger partial charge is 0.365 e. The number of rotatable bonds is 6. The van der Waals surface area contributed by atoms with Crippen LogP contribution in [-0.4, -0.2) is 53.9 Å². The molecular formula is C14H24N4OS. The van der Waals surface area contributed by atoms with Crippen LogP contribution >= 0.6 is 11.3 Å². The van der Waals surface area contributed by atoms with Crippen molar-refractivity contribution in [2.24, 2.45) is 0 Å². The Hall–Kier alpha value is -1.14. The second-order valence-corrected chi connectivity index (χ2v) is 6.14. The second-order valence-electron chi connectivity index (χ2n) is 5.28. The van der Waals surface area contributed by atoms with Crippen LogP contribution in [0.2, 0.25) is 0 Å². The molecule has 0 spiro atoms. The van der Waals surface area contributed by atoms with Crippen molar-refractivity contribution in [3.63, 3.8) is 0 Å². The minimum atomic E-state index is 0.0217. The monoisotopic (exact) mass is 296 g/mol. The summed E-state index contributed by atoms with van der Waals surface area (Å²) in [4.78, 5) is 21.0. The first-order chi connectivity index (χ1) is 9.65. The molecule has 6 heteroatoms. The fraction of sp³-hybridized carbons (Fsp3) is 0.714. The molecule has 20 heavy (non-hydrogen) atoms. The summed E-state index contributed by atoms with van der Waals surface area (Å²) < 4.78 is 0. The summed E-state index contributed by atoms with van der Waals surface area (Å²) in [6.45, 7) is 4.68. The highest BCUT2D eigenvalue weighted by molar-refractivity contribution is 7.13. The predicted octanol–water partition coefficient (Wildman–Crippen LogP) is 2.02. The highest BCUT2D eigenvalue weighted by atomic mass is 32.1. The van der Waals surface area contributed by atoms with Crippen LogP contribution in [0.15, 0.2) is 5.38 Å². The van der Waals surface area contributed by atoms with Crippen LogP contribution in [0.4, 0.5) is 5.13 Å². The molecule has 1 saturated heterocycles. The molecule has 0 saturated carbocycles. The fourth-order valence-corrected chi connectivity index (χ4v) is 3.21. The van der Waals surface area contributed by atoms with Crippen molar-refractivity contribution < 1.29 is 4.79 Å². The molecule has 1 fully saturated rings. The summed E-state index contributed by atoms with van der Waals surface area (Å²) in [5.74, 6) is 0.258. The molecule has 1 aromatic rings. The van der Waals surface area contributed by atoms with E-state index in [2.05, 4.69) is 27.5 Å². The predicted molar refractivity (Wildman–Crippen MR) is 83.0 cm³/mol. The lowest BCUT2D eigenvalue weighted by Gasteiger charge is -2.38. The number of hydrogen-bond donors (Lipinski definition) is 1. The number of carbonyl (C=O) groups is 1. The van der Waals surface area contributed by atoms with Crippen molar-refractivity contribution in [1.82, 2.24) is 14.8 Å². The van der Waals surface area contributed by atoms with E-state index < -0.39 is 0 Å². The third-order valence-electron chi connectivity index (χ3n) is 3.79. The number of nitrogens with one attached hydrogen (secondary N) is 1. The van der Waals surface area contributed by atoms with Crippen LogP contribution in [0.3, 0.4) is 0 Å². The SMILES string of the molecule is CCCC[C@H]1C(=O)N(C)CCN1Cc1csc(NC)n1. The molecule has 0 bridgehead atoms. The molecule has 0 aliphatic carbocycles. The van der Waals surface area contributed by atoms with Gasteiger partial charge < -0.3 is 10.2 Å². The number of amides is 1. The minimum absolute atomic E-state index is 0.0217.